The maximum Gasteiger partial charge on any atom is 0.0731 e. The molecule has 0 spiro atoms. The van der Waals surface area contributed by atoms with Crippen molar-refractivity contribution >= 4 is 38.9 Å². The highest BCUT2D eigenvalue weighted by Gasteiger charge is 2.54. The Hall–Kier alpha value is 0.470. The smallest absolute Gasteiger partial charge is 0.0731 e. The maximum absolute atomic E-state index is 6.65. The summed E-state index contributed by atoms with van der Waals surface area (Å²) in [5.41, 5.74) is 1.33. The highest BCUT2D eigenvalue weighted by atomic mass is 79.9. The second kappa shape index (κ2) is 4.29. The normalized spacial score (nSPS) is 34.6. The number of thiophene rings is 1. The molecule has 3 unspecified atom stereocenters. The van der Waals surface area contributed by atoms with Gasteiger partial charge in [0.15, 0.2) is 0 Å². The van der Waals surface area contributed by atoms with Crippen LogP contribution in [0.4, 0.5) is 0 Å². The van der Waals surface area contributed by atoms with E-state index in [2.05, 4.69) is 28.9 Å². The third-order valence-corrected chi connectivity index (χ3v) is 7.08. The first kappa shape index (κ1) is 11.6. The Balaban J connectivity index is 1.76. The summed E-state index contributed by atoms with van der Waals surface area (Å²) >= 11 is 12.1. The van der Waals surface area contributed by atoms with E-state index in [-0.39, 0.29) is 5.38 Å². The average Bonchev–Trinajstić information content (AvgIpc) is 2.91. The van der Waals surface area contributed by atoms with E-state index < -0.39 is 0 Å². The first-order valence-corrected chi connectivity index (χ1v) is 8.13. The summed E-state index contributed by atoms with van der Waals surface area (Å²) in [6.45, 7) is 2.15. The third kappa shape index (κ3) is 1.87. The van der Waals surface area contributed by atoms with Gasteiger partial charge in [-0.05, 0) is 65.1 Å². The van der Waals surface area contributed by atoms with Crippen LogP contribution in [0.15, 0.2) is 9.85 Å². The minimum absolute atomic E-state index is 0.267. The largest absolute Gasteiger partial charge is 0.131 e. The Bertz CT molecular complexity index is 369. The zero-order chi connectivity index (χ0) is 11.3. The van der Waals surface area contributed by atoms with Crippen molar-refractivity contribution in [2.45, 2.75) is 38.0 Å². The van der Waals surface area contributed by atoms with Crippen molar-refractivity contribution in [3.8, 4) is 0 Å². The molecule has 3 atom stereocenters. The first-order chi connectivity index (χ1) is 7.68. The van der Waals surface area contributed by atoms with Gasteiger partial charge in [0.1, 0.15) is 0 Å². The number of hydrogen-bond donors (Lipinski definition) is 0. The van der Waals surface area contributed by atoms with Crippen LogP contribution in [0, 0.1) is 24.7 Å². The lowest BCUT2D eigenvalue weighted by Crippen LogP contribution is -1.92. The van der Waals surface area contributed by atoms with Gasteiger partial charge in [-0.15, -0.1) is 22.9 Å². The first-order valence-electron chi connectivity index (χ1n) is 6.08. The van der Waals surface area contributed by atoms with Crippen LogP contribution in [0.1, 0.15) is 41.5 Å². The van der Waals surface area contributed by atoms with Gasteiger partial charge < -0.3 is 0 Å². The minimum Gasteiger partial charge on any atom is -0.131 e. The molecule has 3 heteroatoms. The van der Waals surface area contributed by atoms with E-state index in [1.165, 1.54) is 39.9 Å². The molecule has 3 rings (SSSR count). The minimum atomic E-state index is 0.267. The molecule has 2 aliphatic carbocycles. The van der Waals surface area contributed by atoms with Crippen LogP contribution in [-0.2, 0) is 0 Å². The summed E-state index contributed by atoms with van der Waals surface area (Å²) in [7, 11) is 0. The maximum atomic E-state index is 6.65. The second-order valence-corrected chi connectivity index (χ2v) is 8.07. The fraction of sp³-hybridized carbons (Fsp3) is 0.692. The Morgan fingerprint density at radius 1 is 1.38 bits per heavy atom. The lowest BCUT2D eigenvalue weighted by atomic mass is 10.0. The van der Waals surface area contributed by atoms with Crippen LogP contribution >= 0.6 is 38.9 Å². The van der Waals surface area contributed by atoms with Gasteiger partial charge in [0.2, 0.25) is 0 Å². The Labute approximate surface area is 115 Å². The van der Waals surface area contributed by atoms with Crippen LogP contribution in [0.5, 0.6) is 0 Å². The predicted octanol–water partition coefficient (Wildman–Crippen LogP) is 5.54. The van der Waals surface area contributed by atoms with E-state index in [1.807, 2.05) is 11.3 Å². The molecule has 1 aromatic heterocycles. The number of hydrogen-bond acceptors (Lipinski definition) is 1. The van der Waals surface area contributed by atoms with E-state index in [1.54, 1.807) is 0 Å². The van der Waals surface area contributed by atoms with Crippen LogP contribution in [0.2, 0.25) is 0 Å². The van der Waals surface area contributed by atoms with Crippen molar-refractivity contribution in [1.82, 2.24) is 0 Å². The van der Waals surface area contributed by atoms with Crippen LogP contribution < -0.4 is 0 Å². The van der Waals surface area contributed by atoms with Gasteiger partial charge in [-0.2, -0.15) is 0 Å². The second-order valence-electron chi connectivity index (χ2n) is 5.20. The molecule has 0 aliphatic heterocycles. The fourth-order valence-electron chi connectivity index (χ4n) is 3.29. The topological polar surface area (TPSA) is 0 Å². The van der Waals surface area contributed by atoms with Gasteiger partial charge in [-0.25, -0.2) is 0 Å². The molecule has 0 N–H and O–H groups in total. The van der Waals surface area contributed by atoms with E-state index >= 15 is 0 Å². The number of fused-ring (bicyclic) bond motifs is 1. The number of aryl methyl sites for hydroxylation is 1. The van der Waals surface area contributed by atoms with Crippen molar-refractivity contribution in [3.05, 3.63) is 20.3 Å². The molecule has 1 heterocycles. The van der Waals surface area contributed by atoms with Crippen molar-refractivity contribution in [1.29, 1.82) is 0 Å². The molecule has 0 bridgehead atoms. The number of alkyl halides is 1. The Morgan fingerprint density at radius 3 is 2.50 bits per heavy atom. The molecule has 2 fully saturated rings. The summed E-state index contributed by atoms with van der Waals surface area (Å²) in [5.74, 6) is 2.66. The molecular formula is C13H16BrClS. The molecule has 0 radical (unpaired) electrons. The fourth-order valence-corrected chi connectivity index (χ4v) is 5.47. The van der Waals surface area contributed by atoms with Gasteiger partial charge in [-0.1, -0.05) is 12.8 Å². The summed E-state index contributed by atoms with van der Waals surface area (Å²) in [4.78, 5) is 1.37. The van der Waals surface area contributed by atoms with Crippen molar-refractivity contribution in [2.75, 3.05) is 0 Å². The molecule has 0 amide bonds. The average molecular weight is 320 g/mol. The van der Waals surface area contributed by atoms with Crippen molar-refractivity contribution in [2.24, 2.45) is 17.8 Å². The standard InChI is InChI=1S/C13H16BrClS/c1-7-6-10(16-13(7)14)12(15)11-8-4-2-3-5-9(8)11/h6,8-9,11-12H,2-5H2,1H3. The van der Waals surface area contributed by atoms with Gasteiger partial charge in [0, 0.05) is 4.88 Å². The molecule has 0 saturated heterocycles. The van der Waals surface area contributed by atoms with E-state index in [0.29, 0.717) is 0 Å². The summed E-state index contributed by atoms with van der Waals surface area (Å²) in [5, 5.41) is 0.267. The van der Waals surface area contributed by atoms with Gasteiger partial charge in [-0.3, -0.25) is 0 Å². The molecule has 0 nitrogen and oxygen atoms in total. The Kier molecular flexibility index (Phi) is 3.10. The molecule has 2 saturated carbocycles. The van der Waals surface area contributed by atoms with E-state index in [0.717, 1.165) is 17.8 Å². The number of rotatable bonds is 2. The van der Waals surface area contributed by atoms with Crippen molar-refractivity contribution in [3.63, 3.8) is 0 Å². The molecule has 16 heavy (non-hydrogen) atoms. The summed E-state index contributed by atoms with van der Waals surface area (Å²) in [6.07, 6.45) is 5.69. The lowest BCUT2D eigenvalue weighted by molar-refractivity contribution is 0.480. The highest BCUT2D eigenvalue weighted by molar-refractivity contribution is 9.11. The quantitative estimate of drug-likeness (QED) is 0.628. The molecule has 0 aromatic carbocycles. The zero-order valence-electron chi connectivity index (χ0n) is 9.38. The van der Waals surface area contributed by atoms with Crippen LogP contribution in [0.3, 0.4) is 0 Å². The highest BCUT2D eigenvalue weighted by Crippen LogP contribution is 2.62. The van der Waals surface area contributed by atoms with E-state index in [9.17, 15) is 0 Å². The number of halogens is 2. The summed E-state index contributed by atoms with van der Waals surface area (Å²) < 4.78 is 1.25. The molecule has 88 valence electrons. The van der Waals surface area contributed by atoms with Gasteiger partial charge >= 0.3 is 0 Å². The molecular weight excluding hydrogens is 304 g/mol. The predicted molar refractivity (Wildman–Crippen MR) is 74.3 cm³/mol. The third-order valence-electron chi connectivity index (χ3n) is 4.21. The van der Waals surface area contributed by atoms with Gasteiger partial charge in [0.25, 0.3) is 0 Å². The van der Waals surface area contributed by atoms with Crippen LogP contribution in [0.25, 0.3) is 0 Å². The Morgan fingerprint density at radius 2 is 2.00 bits per heavy atom. The van der Waals surface area contributed by atoms with E-state index in [4.69, 9.17) is 11.6 Å². The lowest BCUT2D eigenvalue weighted by Gasteiger charge is -2.05. The van der Waals surface area contributed by atoms with Crippen LogP contribution in [-0.4, -0.2) is 0 Å². The molecule has 1 aromatic rings. The zero-order valence-corrected chi connectivity index (χ0v) is 12.5. The SMILES string of the molecule is Cc1cc(C(Cl)C2C3CCCCC32)sc1Br. The molecule has 2 aliphatic rings. The summed E-state index contributed by atoms with van der Waals surface area (Å²) in [6, 6.07) is 2.26. The van der Waals surface area contributed by atoms with Gasteiger partial charge in [0.05, 0.1) is 9.16 Å². The monoisotopic (exact) mass is 318 g/mol. The van der Waals surface area contributed by atoms with Crippen molar-refractivity contribution < 1.29 is 0 Å².